The Bertz CT molecular complexity index is 962. The molecule has 0 aliphatic carbocycles. The van der Waals surface area contributed by atoms with Crippen molar-refractivity contribution < 1.29 is 23.6 Å². The summed E-state index contributed by atoms with van der Waals surface area (Å²) in [4.78, 5) is 37.2. The molecule has 1 fully saturated rings. The van der Waals surface area contributed by atoms with Crippen molar-refractivity contribution in [3.8, 4) is 5.75 Å². The molecule has 10 heteroatoms. The van der Waals surface area contributed by atoms with Crippen LogP contribution in [0.3, 0.4) is 0 Å². The number of anilines is 1. The Morgan fingerprint density at radius 2 is 1.87 bits per heavy atom. The van der Waals surface area contributed by atoms with E-state index >= 15 is 0 Å². The Balaban J connectivity index is 1.62. The highest BCUT2D eigenvalue weighted by Gasteiger charge is 2.24. The van der Waals surface area contributed by atoms with Crippen LogP contribution >= 0.6 is 0 Å². The number of carbonyl (C=O) groups is 2. The van der Waals surface area contributed by atoms with E-state index in [4.69, 9.17) is 4.74 Å². The standard InChI is InChI=1S/C20H21FN4O5/c1-13(30-18-7-3-2-6-15(18)21)19(26)22-23-20(27)14-8-9-16(17(12-14)25(28)29)24-10-4-5-11-24/h2-3,6-9,12-13H,4-5,10-11H2,1H3,(H,22,26)(H,23,27). The molecule has 1 heterocycles. The zero-order chi connectivity index (χ0) is 21.7. The molecular weight excluding hydrogens is 395 g/mol. The molecule has 0 bridgehead atoms. The first-order chi connectivity index (χ1) is 14.4. The van der Waals surface area contributed by atoms with Gasteiger partial charge in [0.2, 0.25) is 0 Å². The van der Waals surface area contributed by atoms with E-state index in [0.29, 0.717) is 5.69 Å². The molecule has 1 atom stereocenters. The Kier molecular flexibility index (Phi) is 6.45. The number of nitrogens with zero attached hydrogens (tertiary/aromatic N) is 2. The summed E-state index contributed by atoms with van der Waals surface area (Å²) in [5, 5.41) is 11.4. The van der Waals surface area contributed by atoms with Crippen LogP contribution in [0.1, 0.15) is 30.1 Å². The zero-order valence-corrected chi connectivity index (χ0v) is 16.3. The topological polar surface area (TPSA) is 114 Å². The average molecular weight is 416 g/mol. The lowest BCUT2D eigenvalue weighted by molar-refractivity contribution is -0.384. The zero-order valence-electron chi connectivity index (χ0n) is 16.3. The van der Waals surface area contributed by atoms with Gasteiger partial charge in [0.15, 0.2) is 17.7 Å². The van der Waals surface area contributed by atoms with Gasteiger partial charge in [-0.2, -0.15) is 0 Å². The summed E-state index contributed by atoms with van der Waals surface area (Å²) < 4.78 is 18.8. The molecule has 1 aliphatic rings. The van der Waals surface area contributed by atoms with Gasteiger partial charge in [-0.3, -0.25) is 30.6 Å². The molecular formula is C20H21FN4O5. The van der Waals surface area contributed by atoms with Crippen LogP contribution in [0.25, 0.3) is 0 Å². The summed E-state index contributed by atoms with van der Waals surface area (Å²) in [6, 6.07) is 9.78. The van der Waals surface area contributed by atoms with Gasteiger partial charge in [-0.25, -0.2) is 4.39 Å². The second-order valence-electron chi connectivity index (χ2n) is 6.79. The molecule has 0 aromatic heterocycles. The van der Waals surface area contributed by atoms with E-state index in [1.54, 1.807) is 6.07 Å². The first kappa shape index (κ1) is 21.0. The highest BCUT2D eigenvalue weighted by molar-refractivity contribution is 5.97. The molecule has 30 heavy (non-hydrogen) atoms. The van der Waals surface area contributed by atoms with Crippen molar-refractivity contribution in [3.63, 3.8) is 0 Å². The van der Waals surface area contributed by atoms with Crippen LogP contribution in [0.2, 0.25) is 0 Å². The van der Waals surface area contributed by atoms with Crippen molar-refractivity contribution in [3.05, 3.63) is 64.0 Å². The number of hydrogen-bond donors (Lipinski definition) is 2. The van der Waals surface area contributed by atoms with Gasteiger partial charge in [-0.05, 0) is 44.0 Å². The number of halogens is 1. The van der Waals surface area contributed by atoms with Crippen molar-refractivity contribution in [2.75, 3.05) is 18.0 Å². The Hall–Kier alpha value is -3.69. The largest absolute Gasteiger partial charge is 0.478 e. The molecule has 1 unspecified atom stereocenters. The first-order valence-corrected chi connectivity index (χ1v) is 9.41. The van der Waals surface area contributed by atoms with Crippen molar-refractivity contribution in [2.45, 2.75) is 25.9 Å². The van der Waals surface area contributed by atoms with Gasteiger partial charge in [0, 0.05) is 24.7 Å². The minimum Gasteiger partial charge on any atom is -0.478 e. The highest BCUT2D eigenvalue weighted by Crippen LogP contribution is 2.31. The van der Waals surface area contributed by atoms with E-state index in [2.05, 4.69) is 10.9 Å². The van der Waals surface area contributed by atoms with E-state index in [1.807, 2.05) is 4.90 Å². The number of para-hydroxylation sites is 1. The number of hydrogen-bond acceptors (Lipinski definition) is 6. The van der Waals surface area contributed by atoms with Crippen LogP contribution in [0.5, 0.6) is 5.75 Å². The van der Waals surface area contributed by atoms with Gasteiger partial charge in [-0.1, -0.05) is 12.1 Å². The highest BCUT2D eigenvalue weighted by atomic mass is 19.1. The van der Waals surface area contributed by atoms with Crippen LogP contribution in [0.4, 0.5) is 15.8 Å². The van der Waals surface area contributed by atoms with Crippen molar-refractivity contribution in [1.82, 2.24) is 10.9 Å². The second kappa shape index (κ2) is 9.21. The van der Waals surface area contributed by atoms with E-state index in [1.165, 1.54) is 43.3 Å². The summed E-state index contributed by atoms with van der Waals surface area (Å²) in [6.07, 6.45) is 0.825. The molecule has 0 saturated carbocycles. The molecule has 1 aliphatic heterocycles. The van der Waals surface area contributed by atoms with Crippen LogP contribution in [-0.2, 0) is 4.79 Å². The van der Waals surface area contributed by atoms with E-state index in [9.17, 15) is 24.1 Å². The number of hydrazine groups is 1. The maximum Gasteiger partial charge on any atom is 0.293 e. The van der Waals surface area contributed by atoms with Crippen LogP contribution in [0, 0.1) is 15.9 Å². The average Bonchev–Trinajstić information content (AvgIpc) is 3.27. The third-order valence-electron chi connectivity index (χ3n) is 4.69. The number of rotatable bonds is 6. The lowest BCUT2D eigenvalue weighted by Gasteiger charge is -2.18. The predicted octanol–water partition coefficient (Wildman–Crippen LogP) is 2.56. The van der Waals surface area contributed by atoms with E-state index < -0.39 is 28.7 Å². The Morgan fingerprint density at radius 3 is 2.53 bits per heavy atom. The predicted molar refractivity (Wildman–Crippen MR) is 107 cm³/mol. The summed E-state index contributed by atoms with van der Waals surface area (Å²) in [5.74, 6) is -2.15. The molecule has 0 radical (unpaired) electrons. The van der Waals surface area contributed by atoms with Gasteiger partial charge < -0.3 is 9.64 Å². The maximum absolute atomic E-state index is 13.6. The summed E-state index contributed by atoms with van der Waals surface area (Å²) >= 11 is 0. The molecule has 158 valence electrons. The van der Waals surface area contributed by atoms with Crippen LogP contribution < -0.4 is 20.5 Å². The Labute approximate surface area is 171 Å². The molecule has 1 saturated heterocycles. The second-order valence-corrected chi connectivity index (χ2v) is 6.79. The Morgan fingerprint density at radius 1 is 1.17 bits per heavy atom. The lowest BCUT2D eigenvalue weighted by Crippen LogP contribution is -2.47. The van der Waals surface area contributed by atoms with Gasteiger partial charge >= 0.3 is 0 Å². The van der Waals surface area contributed by atoms with Gasteiger partial charge in [0.05, 0.1) is 4.92 Å². The number of nitro groups is 1. The number of ether oxygens (including phenoxy) is 1. The maximum atomic E-state index is 13.6. The number of nitrogens with one attached hydrogen (secondary N) is 2. The number of amides is 2. The monoisotopic (exact) mass is 416 g/mol. The quantitative estimate of drug-likeness (QED) is 0.553. The van der Waals surface area contributed by atoms with E-state index in [0.717, 1.165) is 25.9 Å². The third-order valence-corrected chi connectivity index (χ3v) is 4.69. The number of carbonyl (C=O) groups excluding carboxylic acids is 2. The van der Waals surface area contributed by atoms with Gasteiger partial charge in [0.1, 0.15) is 5.69 Å². The van der Waals surface area contributed by atoms with Crippen molar-refractivity contribution in [2.24, 2.45) is 0 Å². The number of benzene rings is 2. The number of nitro benzene ring substituents is 1. The fraction of sp³-hybridized carbons (Fsp3) is 0.300. The molecule has 2 N–H and O–H groups in total. The third kappa shape index (κ3) is 4.83. The van der Waals surface area contributed by atoms with Gasteiger partial charge in [0.25, 0.3) is 17.5 Å². The molecule has 3 rings (SSSR count). The SMILES string of the molecule is CC(Oc1ccccc1F)C(=O)NNC(=O)c1ccc(N2CCCC2)c([N+](=O)[O-])c1. The minimum atomic E-state index is -1.09. The summed E-state index contributed by atoms with van der Waals surface area (Å²) in [7, 11) is 0. The fourth-order valence-electron chi connectivity index (χ4n) is 3.11. The van der Waals surface area contributed by atoms with E-state index in [-0.39, 0.29) is 17.0 Å². The molecule has 2 aromatic carbocycles. The summed E-state index contributed by atoms with van der Waals surface area (Å²) in [5.41, 5.74) is 4.67. The van der Waals surface area contributed by atoms with Crippen LogP contribution in [-0.4, -0.2) is 35.9 Å². The molecule has 2 amide bonds. The first-order valence-electron chi connectivity index (χ1n) is 9.41. The van der Waals surface area contributed by atoms with Crippen molar-refractivity contribution >= 4 is 23.2 Å². The van der Waals surface area contributed by atoms with Crippen LogP contribution in [0.15, 0.2) is 42.5 Å². The molecule has 2 aromatic rings. The minimum absolute atomic E-state index is 0.0209. The van der Waals surface area contributed by atoms with Crippen molar-refractivity contribution in [1.29, 1.82) is 0 Å². The smallest absolute Gasteiger partial charge is 0.293 e. The lowest BCUT2D eigenvalue weighted by atomic mass is 10.1. The normalized spacial score (nSPS) is 14.1. The fourth-order valence-corrected chi connectivity index (χ4v) is 3.11. The van der Waals surface area contributed by atoms with Gasteiger partial charge in [-0.15, -0.1) is 0 Å². The summed E-state index contributed by atoms with van der Waals surface area (Å²) in [6.45, 7) is 2.84. The molecule has 9 nitrogen and oxygen atoms in total. The molecule has 0 spiro atoms.